The molecule has 1 aromatic rings. The Labute approximate surface area is 154 Å². The summed E-state index contributed by atoms with van der Waals surface area (Å²) < 4.78 is 5.34. The first-order valence-corrected chi connectivity index (χ1v) is 8.65. The van der Waals surface area contributed by atoms with E-state index in [9.17, 15) is 14.4 Å². The molecule has 0 aromatic heterocycles. The van der Waals surface area contributed by atoms with Gasteiger partial charge in [0.1, 0.15) is 11.6 Å². The fourth-order valence-corrected chi connectivity index (χ4v) is 2.26. The summed E-state index contributed by atoms with van der Waals surface area (Å²) in [6.45, 7) is 5.22. The normalized spacial score (nSPS) is 13.4. The average molecular weight is 363 g/mol. The van der Waals surface area contributed by atoms with E-state index in [1.54, 1.807) is 20.8 Å². The molecule has 2 atom stereocenters. The number of nitrogens with two attached hydrogens (primary N) is 1. The monoisotopic (exact) mass is 363 g/mol. The van der Waals surface area contributed by atoms with E-state index >= 15 is 0 Å². The van der Waals surface area contributed by atoms with Crippen LogP contribution in [-0.4, -0.2) is 42.5 Å². The molecule has 0 saturated carbocycles. The van der Waals surface area contributed by atoms with E-state index in [2.05, 4.69) is 10.6 Å². The fraction of sp³-hybridized carbons (Fsp3) is 0.526. The van der Waals surface area contributed by atoms with Crippen LogP contribution in [0.15, 0.2) is 30.3 Å². The van der Waals surface area contributed by atoms with Crippen molar-refractivity contribution in [3.8, 4) is 0 Å². The number of ether oxygens (including phenoxy) is 1. The molecule has 144 valence electrons. The minimum atomic E-state index is -0.930. The zero-order chi connectivity index (χ0) is 19.7. The Morgan fingerprint density at radius 3 is 2.31 bits per heavy atom. The number of rotatable bonds is 8. The van der Waals surface area contributed by atoms with Crippen molar-refractivity contribution >= 4 is 17.8 Å². The van der Waals surface area contributed by atoms with E-state index < -0.39 is 29.6 Å². The maximum atomic E-state index is 12.4. The molecule has 0 heterocycles. The van der Waals surface area contributed by atoms with E-state index in [4.69, 9.17) is 10.5 Å². The topological polar surface area (TPSA) is 111 Å². The molecule has 0 unspecified atom stereocenters. The van der Waals surface area contributed by atoms with Crippen LogP contribution in [0.1, 0.15) is 39.2 Å². The number of esters is 1. The van der Waals surface area contributed by atoms with Crippen molar-refractivity contribution in [2.45, 2.75) is 57.7 Å². The first-order chi connectivity index (χ1) is 12.1. The van der Waals surface area contributed by atoms with Crippen molar-refractivity contribution in [3.05, 3.63) is 35.9 Å². The molecule has 7 heteroatoms. The lowest BCUT2D eigenvalue weighted by molar-refractivity contribution is -0.159. The highest BCUT2D eigenvalue weighted by atomic mass is 16.6. The number of hydrogen-bond donors (Lipinski definition) is 3. The lowest BCUT2D eigenvalue weighted by atomic mass is 10.0. The van der Waals surface area contributed by atoms with Gasteiger partial charge in [-0.1, -0.05) is 30.3 Å². The Bertz CT molecular complexity index is 611. The van der Waals surface area contributed by atoms with E-state index in [0.717, 1.165) is 5.56 Å². The van der Waals surface area contributed by atoms with Crippen molar-refractivity contribution in [1.82, 2.24) is 10.6 Å². The van der Waals surface area contributed by atoms with Crippen molar-refractivity contribution in [3.63, 3.8) is 0 Å². The minimum absolute atomic E-state index is 0.0919. The van der Waals surface area contributed by atoms with Gasteiger partial charge in [0.25, 0.3) is 0 Å². The third kappa shape index (κ3) is 8.11. The summed E-state index contributed by atoms with van der Waals surface area (Å²) in [5, 5.41) is 5.11. The van der Waals surface area contributed by atoms with Crippen molar-refractivity contribution in [1.29, 1.82) is 0 Å². The smallest absolute Gasteiger partial charge is 0.329 e. The maximum absolute atomic E-state index is 12.4. The Hall–Kier alpha value is -2.41. The van der Waals surface area contributed by atoms with Gasteiger partial charge >= 0.3 is 5.97 Å². The molecule has 0 aliphatic rings. The average Bonchev–Trinajstić information content (AvgIpc) is 2.57. The second-order valence-electron chi connectivity index (χ2n) is 7.10. The highest BCUT2D eigenvalue weighted by Crippen LogP contribution is 2.11. The van der Waals surface area contributed by atoms with Gasteiger partial charge in [0.2, 0.25) is 11.8 Å². The standard InChI is InChI=1S/C19H29N3O4/c1-19(2,3)26-18(25)15(10-11-16(23)21-4)22-17(24)14(20)12-13-8-6-5-7-9-13/h5-9,14-15H,10-12,20H2,1-4H3,(H,21,23)(H,22,24)/t14-,15-/m0/s1. The van der Waals surface area contributed by atoms with Crippen LogP contribution in [-0.2, 0) is 25.5 Å². The first kappa shape index (κ1) is 21.6. The quantitative estimate of drug-likeness (QED) is 0.595. The highest BCUT2D eigenvalue weighted by Gasteiger charge is 2.28. The Kier molecular flexibility index (Phi) is 8.25. The molecule has 1 rings (SSSR count). The zero-order valence-electron chi connectivity index (χ0n) is 15.9. The van der Waals surface area contributed by atoms with Gasteiger partial charge in [-0.2, -0.15) is 0 Å². The van der Waals surface area contributed by atoms with Crippen LogP contribution in [0.5, 0.6) is 0 Å². The molecule has 0 fully saturated rings. The summed E-state index contributed by atoms with van der Waals surface area (Å²) in [5.41, 5.74) is 6.19. The molecule has 2 amide bonds. The third-order valence-corrected chi connectivity index (χ3v) is 3.58. The highest BCUT2D eigenvalue weighted by molar-refractivity contribution is 5.88. The molecule has 0 bridgehead atoms. The van der Waals surface area contributed by atoms with Gasteiger partial charge in [0.15, 0.2) is 0 Å². The molecule has 0 aliphatic carbocycles. The molecule has 4 N–H and O–H groups in total. The van der Waals surface area contributed by atoms with Crippen LogP contribution >= 0.6 is 0 Å². The largest absolute Gasteiger partial charge is 0.458 e. The van der Waals surface area contributed by atoms with Crippen LogP contribution < -0.4 is 16.4 Å². The van der Waals surface area contributed by atoms with Gasteiger partial charge in [-0.15, -0.1) is 0 Å². The number of benzene rings is 1. The second kappa shape index (κ2) is 9.91. The Morgan fingerprint density at radius 2 is 1.77 bits per heavy atom. The summed E-state index contributed by atoms with van der Waals surface area (Å²) in [4.78, 5) is 36.2. The molecule has 0 saturated heterocycles. The van der Waals surface area contributed by atoms with Gasteiger partial charge in [0.05, 0.1) is 6.04 Å². The molecule has 7 nitrogen and oxygen atoms in total. The fourth-order valence-electron chi connectivity index (χ4n) is 2.26. The van der Waals surface area contributed by atoms with Crippen molar-refractivity contribution in [2.75, 3.05) is 7.05 Å². The number of carbonyl (C=O) groups excluding carboxylic acids is 3. The second-order valence-corrected chi connectivity index (χ2v) is 7.10. The molecular formula is C19H29N3O4. The predicted molar refractivity (Wildman–Crippen MR) is 99.2 cm³/mol. The summed E-state index contributed by atoms with van der Waals surface area (Å²) in [6, 6.07) is 7.64. The molecule has 1 aromatic carbocycles. The van der Waals surface area contributed by atoms with Gasteiger partial charge < -0.3 is 21.1 Å². The lowest BCUT2D eigenvalue weighted by Crippen LogP contribution is -2.50. The number of carbonyl (C=O) groups is 3. The number of hydrogen-bond acceptors (Lipinski definition) is 5. The summed E-state index contributed by atoms with van der Waals surface area (Å²) >= 11 is 0. The van der Waals surface area contributed by atoms with Crippen molar-refractivity contribution in [2.24, 2.45) is 5.73 Å². The SMILES string of the molecule is CNC(=O)CC[C@H](NC(=O)[C@@H](N)Cc1ccccc1)C(=O)OC(C)(C)C. The lowest BCUT2D eigenvalue weighted by Gasteiger charge is -2.25. The Morgan fingerprint density at radius 1 is 1.15 bits per heavy atom. The van der Waals surface area contributed by atoms with E-state index in [1.807, 2.05) is 30.3 Å². The van der Waals surface area contributed by atoms with E-state index in [0.29, 0.717) is 6.42 Å². The number of amides is 2. The number of nitrogens with one attached hydrogen (secondary N) is 2. The van der Waals surface area contributed by atoms with Crippen LogP contribution in [0.3, 0.4) is 0 Å². The van der Waals surface area contributed by atoms with Crippen LogP contribution in [0, 0.1) is 0 Å². The minimum Gasteiger partial charge on any atom is -0.458 e. The first-order valence-electron chi connectivity index (χ1n) is 8.65. The van der Waals surface area contributed by atoms with Gasteiger partial charge in [-0.25, -0.2) is 4.79 Å². The van der Waals surface area contributed by atoms with Crippen LogP contribution in [0.25, 0.3) is 0 Å². The Balaban J connectivity index is 2.73. The van der Waals surface area contributed by atoms with E-state index in [-0.39, 0.29) is 18.7 Å². The summed E-state index contributed by atoms with van der Waals surface area (Å²) in [5.74, 6) is -1.26. The molecule has 26 heavy (non-hydrogen) atoms. The molecule has 0 aliphatic heterocycles. The maximum Gasteiger partial charge on any atom is 0.329 e. The summed E-state index contributed by atoms with van der Waals surface area (Å²) in [7, 11) is 1.51. The molecule has 0 spiro atoms. The van der Waals surface area contributed by atoms with Gasteiger partial charge in [-0.05, 0) is 39.2 Å². The van der Waals surface area contributed by atoms with Crippen LogP contribution in [0.2, 0.25) is 0 Å². The van der Waals surface area contributed by atoms with E-state index in [1.165, 1.54) is 7.05 Å². The summed E-state index contributed by atoms with van der Waals surface area (Å²) in [6.07, 6.45) is 0.580. The zero-order valence-corrected chi connectivity index (χ0v) is 15.9. The van der Waals surface area contributed by atoms with Crippen molar-refractivity contribution < 1.29 is 19.1 Å². The third-order valence-electron chi connectivity index (χ3n) is 3.58. The van der Waals surface area contributed by atoms with Gasteiger partial charge in [0, 0.05) is 13.5 Å². The van der Waals surface area contributed by atoms with Gasteiger partial charge in [-0.3, -0.25) is 9.59 Å². The van der Waals surface area contributed by atoms with Crippen LogP contribution in [0.4, 0.5) is 0 Å². The molecule has 0 radical (unpaired) electrons. The molecular weight excluding hydrogens is 334 g/mol. The predicted octanol–water partition coefficient (Wildman–Crippen LogP) is 0.909.